The highest BCUT2D eigenvalue weighted by Crippen LogP contribution is 2.14. The monoisotopic (exact) mass is 233 g/mol. The number of carboxylic acid groups (broad SMARTS) is 1. The van der Waals surface area contributed by atoms with Gasteiger partial charge in [0.15, 0.2) is 0 Å². The van der Waals surface area contributed by atoms with Gasteiger partial charge in [0.1, 0.15) is 0 Å². The molecule has 1 atom stereocenters. The summed E-state index contributed by atoms with van der Waals surface area (Å²) in [5, 5.41) is 12.3. The second-order valence-corrected chi connectivity index (χ2v) is 4.24. The summed E-state index contributed by atoms with van der Waals surface area (Å²) in [6.07, 6.45) is 2.05. The van der Waals surface area contributed by atoms with E-state index in [0.717, 1.165) is 5.56 Å². The largest absolute Gasteiger partial charge is 0.481 e. The van der Waals surface area contributed by atoms with Crippen LogP contribution in [0.4, 0.5) is 0 Å². The average molecular weight is 233 g/mol. The van der Waals surface area contributed by atoms with Gasteiger partial charge in [-0.25, -0.2) is 0 Å². The molecule has 0 aromatic heterocycles. The van der Waals surface area contributed by atoms with E-state index < -0.39 is 11.9 Å². The Bertz CT molecular complexity index is 380. The van der Waals surface area contributed by atoms with Gasteiger partial charge >= 0.3 is 5.97 Å². The smallest absolute Gasteiger partial charge is 0.312 e. The van der Waals surface area contributed by atoms with Crippen LogP contribution in [0.25, 0.3) is 0 Å². The normalized spacial score (nSPS) is 11.9. The lowest BCUT2D eigenvalue weighted by Gasteiger charge is -2.12. The minimum absolute atomic E-state index is 0.448. The maximum absolute atomic E-state index is 11.2. The number of allylic oxidation sites excluding steroid dienone is 1. The van der Waals surface area contributed by atoms with Crippen LogP contribution in [0.15, 0.2) is 42.0 Å². The minimum atomic E-state index is -0.791. The van der Waals surface area contributed by atoms with Crippen molar-refractivity contribution < 1.29 is 9.90 Å². The van der Waals surface area contributed by atoms with Gasteiger partial charge < -0.3 is 10.4 Å². The molecule has 0 spiro atoms. The van der Waals surface area contributed by atoms with Gasteiger partial charge in [0.25, 0.3) is 0 Å². The number of benzene rings is 1. The van der Waals surface area contributed by atoms with E-state index in [1.54, 1.807) is 0 Å². The molecule has 0 aliphatic rings. The first-order valence-corrected chi connectivity index (χ1v) is 5.73. The van der Waals surface area contributed by atoms with E-state index in [0.29, 0.717) is 13.1 Å². The van der Waals surface area contributed by atoms with Crippen LogP contribution in [-0.2, 0) is 4.79 Å². The lowest BCUT2D eigenvalue weighted by Crippen LogP contribution is -2.27. The van der Waals surface area contributed by atoms with Crippen LogP contribution in [-0.4, -0.2) is 24.2 Å². The first-order valence-electron chi connectivity index (χ1n) is 5.73. The molecule has 0 bridgehead atoms. The number of hydrogen-bond donors (Lipinski definition) is 2. The molecule has 0 radical (unpaired) electrons. The van der Waals surface area contributed by atoms with Crippen molar-refractivity contribution in [3.05, 3.63) is 47.5 Å². The molecule has 1 unspecified atom stereocenters. The van der Waals surface area contributed by atoms with Crippen LogP contribution in [0.3, 0.4) is 0 Å². The van der Waals surface area contributed by atoms with Crippen LogP contribution in [0.5, 0.6) is 0 Å². The zero-order valence-electron chi connectivity index (χ0n) is 10.3. The highest BCUT2D eigenvalue weighted by molar-refractivity contribution is 5.76. The molecule has 3 heteroatoms. The molecule has 17 heavy (non-hydrogen) atoms. The molecule has 0 amide bonds. The molecule has 0 saturated carbocycles. The SMILES string of the molecule is CC(C)=CCNCC(C(=O)O)c1ccccc1. The van der Waals surface area contributed by atoms with E-state index in [-0.39, 0.29) is 0 Å². The van der Waals surface area contributed by atoms with Crippen molar-refractivity contribution in [3.8, 4) is 0 Å². The Kier molecular flexibility index (Phi) is 5.43. The summed E-state index contributed by atoms with van der Waals surface area (Å²) in [5.41, 5.74) is 2.06. The van der Waals surface area contributed by atoms with Crippen LogP contribution < -0.4 is 5.32 Å². The Hall–Kier alpha value is -1.61. The van der Waals surface area contributed by atoms with Crippen molar-refractivity contribution in [2.24, 2.45) is 0 Å². The second-order valence-electron chi connectivity index (χ2n) is 4.24. The van der Waals surface area contributed by atoms with Gasteiger partial charge in [0, 0.05) is 13.1 Å². The molecule has 0 heterocycles. The van der Waals surface area contributed by atoms with Crippen molar-refractivity contribution in [3.63, 3.8) is 0 Å². The van der Waals surface area contributed by atoms with Gasteiger partial charge in [0.05, 0.1) is 5.92 Å². The first kappa shape index (κ1) is 13.5. The molecule has 0 fully saturated rings. The highest BCUT2D eigenvalue weighted by atomic mass is 16.4. The Balaban J connectivity index is 2.57. The Labute approximate surface area is 102 Å². The fourth-order valence-electron chi connectivity index (χ4n) is 1.54. The van der Waals surface area contributed by atoms with E-state index in [1.165, 1.54) is 5.57 Å². The summed E-state index contributed by atoms with van der Waals surface area (Å²) in [7, 11) is 0. The number of carboxylic acids is 1. The van der Waals surface area contributed by atoms with Crippen molar-refractivity contribution in [1.29, 1.82) is 0 Å². The molecule has 3 nitrogen and oxygen atoms in total. The van der Waals surface area contributed by atoms with Gasteiger partial charge in [-0.3, -0.25) is 4.79 Å². The number of rotatable bonds is 6. The van der Waals surface area contributed by atoms with Crippen LogP contribution >= 0.6 is 0 Å². The summed E-state index contributed by atoms with van der Waals surface area (Å²) in [6, 6.07) is 9.31. The van der Waals surface area contributed by atoms with E-state index in [9.17, 15) is 9.90 Å². The zero-order chi connectivity index (χ0) is 12.7. The van der Waals surface area contributed by atoms with Crippen molar-refractivity contribution in [2.75, 3.05) is 13.1 Å². The molecular weight excluding hydrogens is 214 g/mol. The van der Waals surface area contributed by atoms with Crippen LogP contribution in [0.2, 0.25) is 0 Å². The number of nitrogens with one attached hydrogen (secondary N) is 1. The van der Waals surface area contributed by atoms with Crippen molar-refractivity contribution >= 4 is 5.97 Å². The molecule has 0 aliphatic heterocycles. The average Bonchev–Trinajstić information content (AvgIpc) is 2.29. The second kappa shape index (κ2) is 6.86. The fourth-order valence-corrected chi connectivity index (χ4v) is 1.54. The minimum Gasteiger partial charge on any atom is -0.481 e. The van der Waals surface area contributed by atoms with Gasteiger partial charge in [-0.05, 0) is 19.4 Å². The summed E-state index contributed by atoms with van der Waals surface area (Å²) < 4.78 is 0. The lowest BCUT2D eigenvalue weighted by molar-refractivity contribution is -0.138. The highest BCUT2D eigenvalue weighted by Gasteiger charge is 2.18. The summed E-state index contributed by atoms with van der Waals surface area (Å²) >= 11 is 0. The third-order valence-corrected chi connectivity index (χ3v) is 2.50. The van der Waals surface area contributed by atoms with E-state index >= 15 is 0 Å². The van der Waals surface area contributed by atoms with Crippen LogP contribution in [0, 0.1) is 0 Å². The fraction of sp³-hybridized carbons (Fsp3) is 0.357. The lowest BCUT2D eigenvalue weighted by atomic mass is 9.99. The maximum atomic E-state index is 11.2. The molecular formula is C14H19NO2. The quantitative estimate of drug-likeness (QED) is 0.586. The van der Waals surface area contributed by atoms with Gasteiger partial charge in [0.2, 0.25) is 0 Å². The molecule has 0 aliphatic carbocycles. The van der Waals surface area contributed by atoms with E-state index in [2.05, 4.69) is 5.32 Å². The third kappa shape index (κ3) is 4.83. The first-order chi connectivity index (χ1) is 8.11. The van der Waals surface area contributed by atoms with Crippen LogP contribution in [0.1, 0.15) is 25.3 Å². The molecule has 2 N–H and O–H groups in total. The number of hydrogen-bond acceptors (Lipinski definition) is 2. The molecule has 1 aromatic carbocycles. The van der Waals surface area contributed by atoms with Crippen molar-refractivity contribution in [2.45, 2.75) is 19.8 Å². The summed E-state index contributed by atoms with van der Waals surface area (Å²) in [5.74, 6) is -1.28. The molecule has 0 saturated heterocycles. The Morgan fingerprint density at radius 3 is 2.53 bits per heavy atom. The summed E-state index contributed by atoms with van der Waals surface area (Å²) in [6.45, 7) is 5.20. The maximum Gasteiger partial charge on any atom is 0.312 e. The van der Waals surface area contributed by atoms with E-state index in [4.69, 9.17) is 0 Å². The standard InChI is InChI=1S/C14H19NO2/c1-11(2)8-9-15-10-13(14(16)17)12-6-4-3-5-7-12/h3-8,13,15H,9-10H2,1-2H3,(H,16,17). The molecule has 92 valence electrons. The topological polar surface area (TPSA) is 49.3 Å². The molecule has 1 rings (SSSR count). The van der Waals surface area contributed by atoms with E-state index in [1.807, 2.05) is 50.3 Å². The van der Waals surface area contributed by atoms with Gasteiger partial charge in [-0.1, -0.05) is 42.0 Å². The number of aliphatic carboxylic acids is 1. The molecule has 1 aromatic rings. The zero-order valence-corrected chi connectivity index (χ0v) is 10.3. The Morgan fingerprint density at radius 1 is 1.35 bits per heavy atom. The number of carbonyl (C=O) groups is 1. The third-order valence-electron chi connectivity index (χ3n) is 2.50. The Morgan fingerprint density at radius 2 is 2.00 bits per heavy atom. The summed E-state index contributed by atoms with van der Waals surface area (Å²) in [4.78, 5) is 11.2. The van der Waals surface area contributed by atoms with Gasteiger partial charge in [-0.15, -0.1) is 0 Å². The van der Waals surface area contributed by atoms with Crippen molar-refractivity contribution in [1.82, 2.24) is 5.32 Å². The van der Waals surface area contributed by atoms with Gasteiger partial charge in [-0.2, -0.15) is 0 Å². The predicted octanol–water partition coefficient (Wildman–Crippen LogP) is 2.41. The predicted molar refractivity (Wildman–Crippen MR) is 69.1 cm³/mol.